The summed E-state index contributed by atoms with van der Waals surface area (Å²) >= 11 is 0. The van der Waals surface area contributed by atoms with E-state index in [9.17, 15) is 9.59 Å². The smallest absolute Gasteiger partial charge is 0.285 e. The van der Waals surface area contributed by atoms with E-state index in [1.54, 1.807) is 6.92 Å². The molecule has 3 nitrogen and oxygen atoms in total. The van der Waals surface area contributed by atoms with Gasteiger partial charge in [0.05, 0.1) is 0 Å². The normalized spacial score (nSPS) is 11.2. The van der Waals surface area contributed by atoms with E-state index >= 15 is 0 Å². The summed E-state index contributed by atoms with van der Waals surface area (Å²) in [6, 6.07) is 0. The van der Waals surface area contributed by atoms with Gasteiger partial charge < -0.3 is 5.73 Å². The van der Waals surface area contributed by atoms with Gasteiger partial charge in [-0.05, 0) is 12.8 Å². The van der Waals surface area contributed by atoms with Crippen LogP contribution in [0, 0.1) is 5.41 Å². The minimum atomic E-state index is -0.823. The zero-order valence-electron chi connectivity index (χ0n) is 7.31. The van der Waals surface area contributed by atoms with Crippen LogP contribution in [0.5, 0.6) is 0 Å². The Morgan fingerprint density at radius 3 is 1.73 bits per heavy atom. The number of Topliss-reactive ketones (excluding diaryl/α,β-unsaturated/α-hetero) is 1. The van der Waals surface area contributed by atoms with Crippen LogP contribution in [0.2, 0.25) is 0 Å². The van der Waals surface area contributed by atoms with E-state index in [1.165, 1.54) is 0 Å². The van der Waals surface area contributed by atoms with Crippen molar-refractivity contribution in [2.24, 2.45) is 11.1 Å². The molecule has 3 heteroatoms. The molecule has 0 aliphatic rings. The Morgan fingerprint density at radius 2 is 1.64 bits per heavy atom. The third kappa shape index (κ3) is 2.03. The van der Waals surface area contributed by atoms with Gasteiger partial charge in [0.2, 0.25) is 5.78 Å². The second-order valence-electron chi connectivity index (χ2n) is 2.96. The van der Waals surface area contributed by atoms with Crippen molar-refractivity contribution in [1.29, 1.82) is 0 Å². The van der Waals surface area contributed by atoms with Crippen molar-refractivity contribution in [1.82, 2.24) is 0 Å². The third-order valence-corrected chi connectivity index (χ3v) is 2.33. The van der Waals surface area contributed by atoms with Gasteiger partial charge in [-0.3, -0.25) is 9.59 Å². The minimum Gasteiger partial charge on any atom is -0.363 e. The Bertz CT molecular complexity index is 171. The maximum atomic E-state index is 11.2. The summed E-state index contributed by atoms with van der Waals surface area (Å²) in [5.41, 5.74) is 4.33. The van der Waals surface area contributed by atoms with Crippen LogP contribution >= 0.6 is 0 Å². The molecule has 0 spiro atoms. The first-order chi connectivity index (χ1) is 4.98. The molecule has 0 bridgehead atoms. The fourth-order valence-corrected chi connectivity index (χ4v) is 0.869. The summed E-state index contributed by atoms with van der Waals surface area (Å²) in [6.45, 7) is 5.52. The fourth-order valence-electron chi connectivity index (χ4n) is 0.869. The second-order valence-corrected chi connectivity index (χ2v) is 2.96. The number of carbonyl (C=O) groups excluding carboxylic acids is 2. The summed E-state index contributed by atoms with van der Waals surface area (Å²) in [6.07, 6.45) is 1.32. The zero-order chi connectivity index (χ0) is 9.07. The first kappa shape index (κ1) is 10.1. The van der Waals surface area contributed by atoms with Crippen LogP contribution in [-0.2, 0) is 9.59 Å². The van der Waals surface area contributed by atoms with Crippen LogP contribution < -0.4 is 5.73 Å². The molecule has 0 aromatic carbocycles. The Labute approximate surface area is 67.0 Å². The number of ketones is 1. The highest BCUT2D eigenvalue weighted by Crippen LogP contribution is 2.25. The molecule has 64 valence electrons. The number of hydrogen-bond acceptors (Lipinski definition) is 2. The summed E-state index contributed by atoms with van der Waals surface area (Å²) < 4.78 is 0. The molecule has 2 N–H and O–H groups in total. The average molecular weight is 157 g/mol. The van der Waals surface area contributed by atoms with Gasteiger partial charge in [-0.15, -0.1) is 0 Å². The van der Waals surface area contributed by atoms with E-state index in [0.717, 1.165) is 0 Å². The van der Waals surface area contributed by atoms with Crippen molar-refractivity contribution in [2.75, 3.05) is 0 Å². The molecule has 0 atom stereocenters. The standard InChI is InChI=1S/C8H15NO2/c1-4-8(3,5-2)6(10)7(9)11/h4-5H2,1-3H3,(H2,9,11). The molecular weight excluding hydrogens is 142 g/mol. The lowest BCUT2D eigenvalue weighted by Crippen LogP contribution is -2.37. The quantitative estimate of drug-likeness (QED) is 0.615. The highest BCUT2D eigenvalue weighted by Gasteiger charge is 2.32. The molecule has 0 radical (unpaired) electrons. The molecule has 0 aromatic rings. The number of hydrogen-bond donors (Lipinski definition) is 1. The predicted molar refractivity (Wildman–Crippen MR) is 42.9 cm³/mol. The first-order valence-corrected chi connectivity index (χ1v) is 3.82. The van der Waals surface area contributed by atoms with Crippen molar-refractivity contribution in [3.8, 4) is 0 Å². The molecule has 0 heterocycles. The predicted octanol–water partition coefficient (Wildman–Crippen LogP) is 0.867. The topological polar surface area (TPSA) is 60.2 Å². The van der Waals surface area contributed by atoms with E-state index in [2.05, 4.69) is 0 Å². The molecule has 0 aliphatic heterocycles. The van der Waals surface area contributed by atoms with Crippen molar-refractivity contribution in [3.63, 3.8) is 0 Å². The number of primary amides is 1. The SMILES string of the molecule is CCC(C)(CC)C(=O)C(N)=O. The van der Waals surface area contributed by atoms with Gasteiger partial charge in [0.15, 0.2) is 0 Å². The van der Waals surface area contributed by atoms with Gasteiger partial charge in [0.1, 0.15) is 0 Å². The van der Waals surface area contributed by atoms with Gasteiger partial charge in [-0.2, -0.15) is 0 Å². The highest BCUT2D eigenvalue weighted by atomic mass is 16.2. The Morgan fingerprint density at radius 1 is 1.27 bits per heavy atom. The van der Waals surface area contributed by atoms with Crippen LogP contribution in [-0.4, -0.2) is 11.7 Å². The third-order valence-electron chi connectivity index (χ3n) is 2.33. The van der Waals surface area contributed by atoms with Gasteiger partial charge in [-0.25, -0.2) is 0 Å². The molecule has 0 aromatic heterocycles. The first-order valence-electron chi connectivity index (χ1n) is 3.82. The zero-order valence-corrected chi connectivity index (χ0v) is 7.31. The van der Waals surface area contributed by atoms with Crippen molar-refractivity contribution >= 4 is 11.7 Å². The summed E-state index contributed by atoms with van der Waals surface area (Å²) in [7, 11) is 0. The minimum absolute atomic E-state index is 0.456. The van der Waals surface area contributed by atoms with Crippen molar-refractivity contribution in [3.05, 3.63) is 0 Å². The molecule has 0 aliphatic carbocycles. The number of nitrogens with two attached hydrogens (primary N) is 1. The molecule has 11 heavy (non-hydrogen) atoms. The van der Waals surface area contributed by atoms with Gasteiger partial charge >= 0.3 is 0 Å². The molecule has 0 rings (SSSR count). The summed E-state index contributed by atoms with van der Waals surface area (Å²) in [4.78, 5) is 21.7. The van der Waals surface area contributed by atoms with Crippen LogP contribution in [0.25, 0.3) is 0 Å². The molecule has 0 unspecified atom stereocenters. The van der Waals surface area contributed by atoms with Gasteiger partial charge in [-0.1, -0.05) is 20.8 Å². The lowest BCUT2D eigenvalue weighted by atomic mass is 9.80. The van der Waals surface area contributed by atoms with Crippen molar-refractivity contribution < 1.29 is 9.59 Å². The average Bonchev–Trinajstić information content (AvgIpc) is 2.01. The van der Waals surface area contributed by atoms with Gasteiger partial charge in [0, 0.05) is 5.41 Å². The van der Waals surface area contributed by atoms with Crippen molar-refractivity contribution in [2.45, 2.75) is 33.6 Å². The number of amides is 1. The molecule has 1 amide bonds. The van der Waals surface area contributed by atoms with Crippen LogP contribution in [0.15, 0.2) is 0 Å². The largest absolute Gasteiger partial charge is 0.363 e. The molecule has 0 saturated heterocycles. The lowest BCUT2D eigenvalue weighted by Gasteiger charge is -2.22. The summed E-state index contributed by atoms with van der Waals surface area (Å²) in [5, 5.41) is 0. The number of rotatable bonds is 4. The fraction of sp³-hybridized carbons (Fsp3) is 0.750. The van der Waals surface area contributed by atoms with Crippen LogP contribution in [0.4, 0.5) is 0 Å². The molecular formula is C8H15NO2. The Balaban J connectivity index is 4.50. The second kappa shape index (κ2) is 3.51. The Kier molecular flexibility index (Phi) is 3.23. The van der Waals surface area contributed by atoms with Gasteiger partial charge in [0.25, 0.3) is 5.91 Å². The molecule has 0 saturated carbocycles. The van der Waals surface area contributed by atoms with E-state index in [4.69, 9.17) is 5.73 Å². The maximum Gasteiger partial charge on any atom is 0.285 e. The molecule has 0 fully saturated rings. The van der Waals surface area contributed by atoms with E-state index in [0.29, 0.717) is 12.8 Å². The van der Waals surface area contributed by atoms with Crippen LogP contribution in [0.1, 0.15) is 33.6 Å². The summed E-state index contributed by atoms with van der Waals surface area (Å²) in [5.74, 6) is -1.28. The van der Waals surface area contributed by atoms with E-state index in [-0.39, 0.29) is 0 Å². The lowest BCUT2D eigenvalue weighted by molar-refractivity contribution is -0.142. The number of carbonyl (C=O) groups is 2. The Hall–Kier alpha value is -0.860. The highest BCUT2D eigenvalue weighted by molar-refractivity contribution is 6.37. The van der Waals surface area contributed by atoms with Crippen LogP contribution in [0.3, 0.4) is 0 Å². The van der Waals surface area contributed by atoms with E-state index in [1.807, 2.05) is 13.8 Å². The monoisotopic (exact) mass is 157 g/mol. The maximum absolute atomic E-state index is 11.2. The van der Waals surface area contributed by atoms with E-state index < -0.39 is 17.1 Å².